The van der Waals surface area contributed by atoms with Crippen molar-refractivity contribution in [3.05, 3.63) is 53.5 Å². The standard InChI is InChI=1S/C21H20N2O5S/c1-13(20-22-14-7-3-6-10-18(14)29-20)23(2)19(24)12-27-21(25)17-11-26-15-8-4-5-9-16(15)28-17/h3-10,13,17H,11-12H2,1-2H3/t13-,17+/m1/s1. The third kappa shape index (κ3) is 4.02. The zero-order valence-corrected chi connectivity index (χ0v) is 16.8. The number of para-hydroxylation sites is 3. The molecule has 0 N–H and O–H groups in total. The number of carbonyl (C=O) groups is 2. The van der Waals surface area contributed by atoms with Gasteiger partial charge in [0.05, 0.1) is 16.3 Å². The summed E-state index contributed by atoms with van der Waals surface area (Å²) in [5.41, 5.74) is 0.904. The van der Waals surface area contributed by atoms with Gasteiger partial charge in [0, 0.05) is 7.05 Å². The SMILES string of the molecule is C[C@H](c1nc2ccccc2s1)N(C)C(=O)COC(=O)[C@@H]1COc2ccccc2O1. The van der Waals surface area contributed by atoms with E-state index in [1.165, 1.54) is 4.90 Å². The molecule has 2 atom stereocenters. The van der Waals surface area contributed by atoms with Gasteiger partial charge in [-0.3, -0.25) is 4.79 Å². The molecule has 0 spiro atoms. The quantitative estimate of drug-likeness (QED) is 0.599. The molecule has 3 aromatic rings. The number of rotatable bonds is 5. The van der Waals surface area contributed by atoms with Crippen LogP contribution in [0.3, 0.4) is 0 Å². The Morgan fingerprint density at radius 2 is 1.93 bits per heavy atom. The van der Waals surface area contributed by atoms with E-state index in [-0.39, 0.29) is 25.2 Å². The van der Waals surface area contributed by atoms with Crippen molar-refractivity contribution in [2.24, 2.45) is 0 Å². The van der Waals surface area contributed by atoms with Gasteiger partial charge in [0.25, 0.3) is 5.91 Å². The number of fused-ring (bicyclic) bond motifs is 2. The van der Waals surface area contributed by atoms with Gasteiger partial charge in [-0.1, -0.05) is 24.3 Å². The molecule has 0 bridgehead atoms. The lowest BCUT2D eigenvalue weighted by atomic mass is 10.2. The molecule has 150 valence electrons. The summed E-state index contributed by atoms with van der Waals surface area (Å²) in [5, 5.41) is 0.828. The average molecular weight is 412 g/mol. The van der Waals surface area contributed by atoms with Crippen molar-refractivity contribution in [2.45, 2.75) is 19.1 Å². The number of hydrogen-bond donors (Lipinski definition) is 0. The summed E-state index contributed by atoms with van der Waals surface area (Å²) in [6.07, 6.45) is -0.898. The summed E-state index contributed by atoms with van der Waals surface area (Å²) >= 11 is 1.54. The van der Waals surface area contributed by atoms with Crippen LogP contribution in [0.5, 0.6) is 11.5 Å². The maximum absolute atomic E-state index is 12.5. The van der Waals surface area contributed by atoms with Gasteiger partial charge in [0.2, 0.25) is 6.10 Å². The third-order valence-electron chi connectivity index (χ3n) is 4.75. The summed E-state index contributed by atoms with van der Waals surface area (Å²) < 4.78 is 17.4. The van der Waals surface area contributed by atoms with Crippen LogP contribution in [0.25, 0.3) is 10.2 Å². The summed E-state index contributed by atoms with van der Waals surface area (Å²) in [6, 6.07) is 14.7. The second-order valence-corrected chi connectivity index (χ2v) is 7.73. The molecule has 8 heteroatoms. The van der Waals surface area contributed by atoms with Crippen LogP contribution < -0.4 is 9.47 Å². The van der Waals surface area contributed by atoms with Gasteiger partial charge in [-0.25, -0.2) is 9.78 Å². The largest absolute Gasteiger partial charge is 0.485 e. The van der Waals surface area contributed by atoms with Crippen LogP contribution in [0, 0.1) is 0 Å². The molecule has 1 aliphatic heterocycles. The van der Waals surface area contributed by atoms with Gasteiger partial charge in [0.15, 0.2) is 18.1 Å². The van der Waals surface area contributed by atoms with E-state index in [1.807, 2.05) is 37.3 Å². The molecule has 0 saturated heterocycles. The minimum Gasteiger partial charge on any atom is -0.485 e. The lowest BCUT2D eigenvalue weighted by Gasteiger charge is -2.26. The van der Waals surface area contributed by atoms with E-state index < -0.39 is 12.1 Å². The maximum Gasteiger partial charge on any atom is 0.351 e. The minimum absolute atomic E-state index is 0.0436. The zero-order chi connectivity index (χ0) is 20.4. The number of benzene rings is 2. The Kier molecular flexibility index (Phi) is 5.35. The molecule has 0 fully saturated rings. The van der Waals surface area contributed by atoms with Crippen LogP contribution in [-0.2, 0) is 14.3 Å². The van der Waals surface area contributed by atoms with Crippen molar-refractivity contribution in [2.75, 3.05) is 20.3 Å². The molecular formula is C21H20N2O5S. The van der Waals surface area contributed by atoms with Gasteiger partial charge < -0.3 is 19.1 Å². The number of amides is 1. The van der Waals surface area contributed by atoms with Gasteiger partial charge in [-0.2, -0.15) is 0 Å². The van der Waals surface area contributed by atoms with E-state index in [1.54, 1.807) is 36.6 Å². The fourth-order valence-corrected chi connectivity index (χ4v) is 3.98. The van der Waals surface area contributed by atoms with E-state index in [9.17, 15) is 9.59 Å². The second-order valence-electron chi connectivity index (χ2n) is 6.67. The first-order valence-electron chi connectivity index (χ1n) is 9.19. The van der Waals surface area contributed by atoms with Gasteiger partial charge in [0.1, 0.15) is 11.6 Å². The molecular weight excluding hydrogens is 392 g/mol. The van der Waals surface area contributed by atoms with E-state index in [0.29, 0.717) is 11.5 Å². The molecule has 0 unspecified atom stereocenters. The predicted octanol–water partition coefficient (Wildman–Crippen LogP) is 3.20. The van der Waals surface area contributed by atoms with Gasteiger partial charge in [-0.05, 0) is 31.2 Å². The summed E-state index contributed by atoms with van der Waals surface area (Å²) in [4.78, 5) is 30.9. The summed E-state index contributed by atoms with van der Waals surface area (Å²) in [5.74, 6) is 0.113. The number of thiazole rings is 1. The molecule has 2 aromatic carbocycles. The maximum atomic E-state index is 12.5. The normalized spacial score (nSPS) is 16.3. The van der Waals surface area contributed by atoms with Crippen molar-refractivity contribution in [1.82, 2.24) is 9.88 Å². The number of carbonyl (C=O) groups excluding carboxylic acids is 2. The predicted molar refractivity (Wildman–Crippen MR) is 108 cm³/mol. The Bertz CT molecular complexity index is 1020. The van der Waals surface area contributed by atoms with Gasteiger partial charge >= 0.3 is 5.97 Å². The van der Waals surface area contributed by atoms with E-state index in [2.05, 4.69) is 4.98 Å². The number of aromatic nitrogens is 1. The Labute approximate surface area is 171 Å². The van der Waals surface area contributed by atoms with Crippen LogP contribution in [-0.4, -0.2) is 48.1 Å². The Hall–Kier alpha value is -3.13. The van der Waals surface area contributed by atoms with Gasteiger partial charge in [-0.15, -0.1) is 11.3 Å². The van der Waals surface area contributed by atoms with Crippen molar-refractivity contribution >= 4 is 33.4 Å². The van der Waals surface area contributed by atoms with Crippen LogP contribution in [0.15, 0.2) is 48.5 Å². The molecule has 1 amide bonds. The fourth-order valence-electron chi connectivity index (χ4n) is 2.91. The van der Waals surface area contributed by atoms with Crippen LogP contribution in [0.4, 0.5) is 0 Å². The first kappa shape index (κ1) is 19.2. The number of esters is 1. The molecule has 1 aliphatic rings. The highest BCUT2D eigenvalue weighted by Gasteiger charge is 2.30. The number of hydrogen-bond acceptors (Lipinski definition) is 7. The summed E-state index contributed by atoms with van der Waals surface area (Å²) in [6.45, 7) is 1.57. The lowest BCUT2D eigenvalue weighted by Crippen LogP contribution is -2.40. The molecule has 0 saturated carbocycles. The first-order chi connectivity index (χ1) is 14.0. The molecule has 7 nitrogen and oxygen atoms in total. The molecule has 0 aliphatic carbocycles. The fraction of sp³-hybridized carbons (Fsp3) is 0.286. The second kappa shape index (κ2) is 8.08. The van der Waals surface area contributed by atoms with E-state index >= 15 is 0 Å². The smallest absolute Gasteiger partial charge is 0.351 e. The van der Waals surface area contributed by atoms with Crippen LogP contribution >= 0.6 is 11.3 Å². The average Bonchev–Trinajstić information content (AvgIpc) is 3.20. The molecule has 0 radical (unpaired) electrons. The summed E-state index contributed by atoms with van der Waals surface area (Å²) in [7, 11) is 1.67. The highest BCUT2D eigenvalue weighted by molar-refractivity contribution is 7.18. The van der Waals surface area contributed by atoms with E-state index in [4.69, 9.17) is 14.2 Å². The molecule has 4 rings (SSSR count). The molecule has 29 heavy (non-hydrogen) atoms. The van der Waals surface area contributed by atoms with E-state index in [0.717, 1.165) is 15.2 Å². The Morgan fingerprint density at radius 1 is 1.21 bits per heavy atom. The molecule has 2 heterocycles. The lowest BCUT2D eigenvalue weighted by molar-refractivity contribution is -0.160. The first-order valence-corrected chi connectivity index (χ1v) is 10.0. The number of likely N-dealkylation sites (N-methyl/N-ethyl adjacent to an activating group) is 1. The van der Waals surface area contributed by atoms with Crippen molar-refractivity contribution < 1.29 is 23.8 Å². The van der Waals surface area contributed by atoms with Crippen molar-refractivity contribution in [3.8, 4) is 11.5 Å². The minimum atomic E-state index is -0.898. The highest BCUT2D eigenvalue weighted by atomic mass is 32.1. The van der Waals surface area contributed by atoms with Crippen LogP contribution in [0.2, 0.25) is 0 Å². The van der Waals surface area contributed by atoms with Crippen molar-refractivity contribution in [1.29, 1.82) is 0 Å². The zero-order valence-electron chi connectivity index (χ0n) is 16.0. The topological polar surface area (TPSA) is 78.0 Å². The molecule has 1 aromatic heterocycles. The number of ether oxygens (including phenoxy) is 3. The monoisotopic (exact) mass is 412 g/mol. The van der Waals surface area contributed by atoms with Crippen molar-refractivity contribution in [3.63, 3.8) is 0 Å². The Balaban J connectivity index is 1.33. The Morgan fingerprint density at radius 3 is 2.72 bits per heavy atom. The third-order valence-corrected chi connectivity index (χ3v) is 5.96. The van der Waals surface area contributed by atoms with Crippen LogP contribution in [0.1, 0.15) is 18.0 Å². The number of nitrogens with zero attached hydrogens (tertiary/aromatic N) is 2. The highest BCUT2D eigenvalue weighted by Crippen LogP contribution is 2.31.